The zero-order valence-corrected chi connectivity index (χ0v) is 19.3. The molecule has 158 valence electrons. The van der Waals surface area contributed by atoms with Gasteiger partial charge in [-0.2, -0.15) is 0 Å². The molecule has 0 aromatic heterocycles. The van der Waals surface area contributed by atoms with Gasteiger partial charge in [-0.1, -0.05) is 42.5 Å². The molecule has 1 aliphatic rings. The molecule has 29 heavy (non-hydrogen) atoms. The Bertz CT molecular complexity index is 751. The van der Waals surface area contributed by atoms with Crippen molar-refractivity contribution in [1.29, 1.82) is 0 Å². The van der Waals surface area contributed by atoms with E-state index in [4.69, 9.17) is 4.74 Å². The standard InChI is InChI=1S/C22H29FN4O.HI/c1-17(18-6-4-3-5-7-18)26-22(24-2)25-16-21(27-12-14-28-15-13-27)19-8-10-20(23)11-9-19;/h3-11,17,21H,12-16H2,1-2H3,(H2,24,25,26);1H. The van der Waals surface area contributed by atoms with Crippen LogP contribution in [0.25, 0.3) is 0 Å². The summed E-state index contributed by atoms with van der Waals surface area (Å²) in [4.78, 5) is 6.74. The number of hydrogen-bond acceptors (Lipinski definition) is 3. The second-order valence-corrected chi connectivity index (χ2v) is 6.95. The van der Waals surface area contributed by atoms with Crippen molar-refractivity contribution in [2.24, 2.45) is 4.99 Å². The molecular formula is C22H30FIN4O. The highest BCUT2D eigenvalue weighted by atomic mass is 127. The highest BCUT2D eigenvalue weighted by Crippen LogP contribution is 2.22. The second-order valence-electron chi connectivity index (χ2n) is 6.95. The van der Waals surface area contributed by atoms with Gasteiger partial charge in [0.05, 0.1) is 25.3 Å². The van der Waals surface area contributed by atoms with Gasteiger partial charge in [0.25, 0.3) is 0 Å². The van der Waals surface area contributed by atoms with Crippen LogP contribution < -0.4 is 10.6 Å². The fourth-order valence-corrected chi connectivity index (χ4v) is 3.45. The smallest absolute Gasteiger partial charge is 0.191 e. The van der Waals surface area contributed by atoms with Crippen molar-refractivity contribution in [3.8, 4) is 0 Å². The van der Waals surface area contributed by atoms with E-state index in [-0.39, 0.29) is 41.9 Å². The number of rotatable bonds is 6. The van der Waals surface area contributed by atoms with Crippen LogP contribution in [0.3, 0.4) is 0 Å². The minimum Gasteiger partial charge on any atom is -0.379 e. The molecule has 2 atom stereocenters. The molecule has 0 amide bonds. The highest BCUT2D eigenvalue weighted by molar-refractivity contribution is 14.0. The minimum atomic E-state index is -0.216. The third-order valence-corrected chi connectivity index (χ3v) is 5.08. The molecule has 1 heterocycles. The number of guanidine groups is 1. The second kappa shape index (κ2) is 12.1. The maximum absolute atomic E-state index is 13.4. The summed E-state index contributed by atoms with van der Waals surface area (Å²) < 4.78 is 18.9. The van der Waals surface area contributed by atoms with Crippen LogP contribution in [-0.4, -0.2) is 50.8 Å². The van der Waals surface area contributed by atoms with Crippen LogP contribution in [0.2, 0.25) is 0 Å². The van der Waals surface area contributed by atoms with Gasteiger partial charge >= 0.3 is 0 Å². The maximum atomic E-state index is 13.4. The van der Waals surface area contributed by atoms with Crippen molar-refractivity contribution < 1.29 is 9.13 Å². The molecule has 1 saturated heterocycles. The fourth-order valence-electron chi connectivity index (χ4n) is 3.45. The van der Waals surface area contributed by atoms with Gasteiger partial charge in [-0.15, -0.1) is 24.0 Å². The van der Waals surface area contributed by atoms with E-state index < -0.39 is 0 Å². The number of aliphatic imine (C=N–C) groups is 1. The van der Waals surface area contributed by atoms with Gasteiger partial charge in [0.15, 0.2) is 5.96 Å². The minimum absolute atomic E-state index is 0. The number of ether oxygens (including phenoxy) is 1. The Balaban J connectivity index is 0.00000300. The molecule has 0 aliphatic carbocycles. The van der Waals surface area contributed by atoms with Crippen LogP contribution in [0, 0.1) is 5.82 Å². The van der Waals surface area contributed by atoms with Crippen LogP contribution in [0.4, 0.5) is 4.39 Å². The SMILES string of the molecule is CN=C(NCC(c1ccc(F)cc1)N1CCOCC1)NC(C)c1ccccc1.I. The molecule has 1 fully saturated rings. The van der Waals surface area contributed by atoms with Crippen LogP contribution in [-0.2, 0) is 4.74 Å². The summed E-state index contributed by atoms with van der Waals surface area (Å²) in [6, 6.07) is 17.3. The third-order valence-electron chi connectivity index (χ3n) is 5.08. The Kier molecular flexibility index (Phi) is 9.83. The van der Waals surface area contributed by atoms with E-state index in [0.29, 0.717) is 6.54 Å². The van der Waals surface area contributed by atoms with E-state index in [0.717, 1.165) is 37.8 Å². The van der Waals surface area contributed by atoms with E-state index in [1.54, 1.807) is 7.05 Å². The summed E-state index contributed by atoms with van der Waals surface area (Å²) in [6.45, 7) is 5.94. The lowest BCUT2D eigenvalue weighted by Crippen LogP contribution is -2.46. The van der Waals surface area contributed by atoms with Gasteiger partial charge in [0, 0.05) is 26.7 Å². The lowest BCUT2D eigenvalue weighted by molar-refractivity contribution is 0.0170. The predicted molar refractivity (Wildman–Crippen MR) is 126 cm³/mol. The summed E-state index contributed by atoms with van der Waals surface area (Å²) in [5, 5.41) is 6.88. The van der Waals surface area contributed by atoms with Crippen molar-refractivity contribution in [2.45, 2.75) is 19.0 Å². The maximum Gasteiger partial charge on any atom is 0.191 e. The molecule has 0 spiro atoms. The molecule has 5 nitrogen and oxygen atoms in total. The Morgan fingerprint density at radius 3 is 2.34 bits per heavy atom. The molecule has 0 saturated carbocycles. The number of halogens is 2. The molecule has 2 aromatic rings. The summed E-state index contributed by atoms with van der Waals surface area (Å²) in [6.07, 6.45) is 0. The average Bonchev–Trinajstić information content (AvgIpc) is 2.75. The normalized spacial score (nSPS) is 17.1. The number of hydrogen-bond donors (Lipinski definition) is 2. The van der Waals surface area contributed by atoms with E-state index in [1.165, 1.54) is 17.7 Å². The number of morpholine rings is 1. The quantitative estimate of drug-likeness (QED) is 0.352. The Morgan fingerprint density at radius 1 is 1.07 bits per heavy atom. The summed E-state index contributed by atoms with van der Waals surface area (Å²) in [5.41, 5.74) is 2.29. The Labute approximate surface area is 189 Å². The van der Waals surface area contributed by atoms with Gasteiger partial charge in [0.2, 0.25) is 0 Å². The van der Waals surface area contributed by atoms with Crippen LogP contribution in [0.1, 0.15) is 30.1 Å². The lowest BCUT2D eigenvalue weighted by Gasteiger charge is -2.35. The fraction of sp³-hybridized carbons (Fsp3) is 0.409. The van der Waals surface area contributed by atoms with E-state index in [2.05, 4.69) is 39.6 Å². The molecule has 2 unspecified atom stereocenters. The Hall–Kier alpha value is -1.71. The third kappa shape index (κ3) is 6.94. The van der Waals surface area contributed by atoms with Gasteiger partial charge in [-0.05, 0) is 30.2 Å². The number of nitrogens with zero attached hydrogens (tertiary/aromatic N) is 2. The van der Waals surface area contributed by atoms with Crippen LogP contribution in [0.15, 0.2) is 59.6 Å². The first-order valence-electron chi connectivity index (χ1n) is 9.77. The van der Waals surface area contributed by atoms with Crippen molar-refractivity contribution in [1.82, 2.24) is 15.5 Å². The van der Waals surface area contributed by atoms with E-state index in [1.807, 2.05) is 30.3 Å². The largest absolute Gasteiger partial charge is 0.379 e. The van der Waals surface area contributed by atoms with E-state index >= 15 is 0 Å². The van der Waals surface area contributed by atoms with Gasteiger partial charge in [-0.3, -0.25) is 9.89 Å². The molecule has 3 rings (SSSR count). The molecule has 2 aromatic carbocycles. The Morgan fingerprint density at radius 2 is 1.72 bits per heavy atom. The molecule has 0 bridgehead atoms. The molecular weight excluding hydrogens is 482 g/mol. The number of benzene rings is 2. The van der Waals surface area contributed by atoms with Crippen molar-refractivity contribution in [2.75, 3.05) is 39.9 Å². The van der Waals surface area contributed by atoms with Crippen LogP contribution in [0.5, 0.6) is 0 Å². The first-order chi connectivity index (χ1) is 13.7. The zero-order chi connectivity index (χ0) is 19.8. The van der Waals surface area contributed by atoms with Gasteiger partial charge in [0.1, 0.15) is 5.82 Å². The molecule has 1 aliphatic heterocycles. The monoisotopic (exact) mass is 512 g/mol. The van der Waals surface area contributed by atoms with Crippen molar-refractivity contribution in [3.63, 3.8) is 0 Å². The lowest BCUT2D eigenvalue weighted by atomic mass is 10.0. The molecule has 2 N–H and O–H groups in total. The first-order valence-corrected chi connectivity index (χ1v) is 9.77. The average molecular weight is 512 g/mol. The number of nitrogens with one attached hydrogen (secondary N) is 2. The first kappa shape index (κ1) is 23.6. The summed E-state index contributed by atoms with van der Waals surface area (Å²) >= 11 is 0. The highest BCUT2D eigenvalue weighted by Gasteiger charge is 2.23. The zero-order valence-electron chi connectivity index (χ0n) is 17.0. The topological polar surface area (TPSA) is 48.9 Å². The molecule has 0 radical (unpaired) electrons. The summed E-state index contributed by atoms with van der Waals surface area (Å²) in [5.74, 6) is 0.531. The van der Waals surface area contributed by atoms with Gasteiger partial charge < -0.3 is 15.4 Å². The van der Waals surface area contributed by atoms with E-state index in [9.17, 15) is 4.39 Å². The van der Waals surface area contributed by atoms with Crippen molar-refractivity contribution in [3.05, 3.63) is 71.5 Å². The van der Waals surface area contributed by atoms with Gasteiger partial charge in [-0.25, -0.2) is 4.39 Å². The summed E-state index contributed by atoms with van der Waals surface area (Å²) in [7, 11) is 1.77. The molecule has 7 heteroatoms. The van der Waals surface area contributed by atoms with Crippen LogP contribution >= 0.6 is 24.0 Å². The predicted octanol–water partition coefficient (Wildman–Crippen LogP) is 3.74. The van der Waals surface area contributed by atoms with Crippen molar-refractivity contribution >= 4 is 29.9 Å².